The van der Waals surface area contributed by atoms with E-state index in [-0.39, 0.29) is 29.3 Å². The summed E-state index contributed by atoms with van der Waals surface area (Å²) in [5, 5.41) is 7.03. The second-order valence-electron chi connectivity index (χ2n) is 7.54. The van der Waals surface area contributed by atoms with E-state index in [1.807, 2.05) is 30.3 Å². The zero-order valence-corrected chi connectivity index (χ0v) is 18.0. The number of hydrogen-bond acceptors (Lipinski definition) is 5. The van der Waals surface area contributed by atoms with Gasteiger partial charge in [-0.25, -0.2) is 9.36 Å². The molecule has 0 aliphatic rings. The zero-order chi connectivity index (χ0) is 22.8. The fourth-order valence-electron chi connectivity index (χ4n) is 3.44. The summed E-state index contributed by atoms with van der Waals surface area (Å²) < 4.78 is 9.74. The van der Waals surface area contributed by atoms with Crippen molar-refractivity contribution in [2.24, 2.45) is 13.0 Å². The van der Waals surface area contributed by atoms with Crippen LogP contribution >= 0.6 is 0 Å². The van der Waals surface area contributed by atoms with Crippen LogP contribution in [0.25, 0.3) is 17.1 Å². The van der Waals surface area contributed by atoms with E-state index < -0.39 is 5.92 Å². The van der Waals surface area contributed by atoms with E-state index in [4.69, 9.17) is 4.42 Å². The van der Waals surface area contributed by atoms with Gasteiger partial charge in [0.1, 0.15) is 11.4 Å². The molecule has 9 nitrogen and oxygen atoms in total. The molecule has 0 radical (unpaired) electrons. The van der Waals surface area contributed by atoms with Crippen LogP contribution in [0.4, 0.5) is 5.69 Å². The lowest BCUT2D eigenvalue weighted by Gasteiger charge is -2.13. The molecule has 0 aliphatic carbocycles. The molecule has 4 aromatic rings. The maximum atomic E-state index is 13.0. The molecule has 1 atom stereocenters. The number of carbonyl (C=O) groups excluding carboxylic acids is 1. The number of para-hydroxylation sites is 1. The minimum absolute atomic E-state index is 0.0535. The lowest BCUT2D eigenvalue weighted by atomic mass is 10.1. The van der Waals surface area contributed by atoms with Crippen LogP contribution in [0.1, 0.15) is 12.6 Å². The van der Waals surface area contributed by atoms with Crippen molar-refractivity contribution in [2.75, 3.05) is 5.32 Å². The van der Waals surface area contributed by atoms with Crippen LogP contribution in [-0.4, -0.2) is 25.1 Å². The number of carbonyl (C=O) groups is 1. The highest BCUT2D eigenvalue weighted by atomic mass is 16.3. The third-order valence-corrected chi connectivity index (χ3v) is 5.34. The summed E-state index contributed by atoms with van der Waals surface area (Å²) >= 11 is 0. The third kappa shape index (κ3) is 3.92. The number of hydrogen-bond donors (Lipinski definition) is 1. The summed E-state index contributed by atoms with van der Waals surface area (Å²) in [7, 11) is 1.76. The molecule has 0 aliphatic heterocycles. The van der Waals surface area contributed by atoms with Crippen molar-refractivity contribution in [3.8, 4) is 17.1 Å². The van der Waals surface area contributed by atoms with E-state index >= 15 is 0 Å². The van der Waals surface area contributed by atoms with Crippen molar-refractivity contribution >= 4 is 11.6 Å². The zero-order valence-electron chi connectivity index (χ0n) is 18.0. The number of nitrogens with zero attached hydrogens (tertiary/aromatic N) is 4. The summed E-state index contributed by atoms with van der Waals surface area (Å²) in [5.74, 6) is -0.471. The van der Waals surface area contributed by atoms with Gasteiger partial charge in [-0.05, 0) is 37.3 Å². The molecule has 0 saturated carbocycles. The largest absolute Gasteiger partial charge is 0.463 e. The van der Waals surface area contributed by atoms with Crippen LogP contribution in [-0.2, 0) is 18.4 Å². The van der Waals surface area contributed by atoms with Gasteiger partial charge >= 0.3 is 0 Å². The van der Waals surface area contributed by atoms with Gasteiger partial charge in [0.05, 0.1) is 30.1 Å². The van der Waals surface area contributed by atoms with Crippen LogP contribution in [0, 0.1) is 12.8 Å². The first-order valence-corrected chi connectivity index (χ1v) is 10.1. The van der Waals surface area contributed by atoms with E-state index in [2.05, 4.69) is 10.4 Å². The van der Waals surface area contributed by atoms with Gasteiger partial charge in [-0.2, -0.15) is 5.10 Å². The van der Waals surface area contributed by atoms with Crippen molar-refractivity contribution in [1.29, 1.82) is 0 Å². The van der Waals surface area contributed by atoms with Crippen LogP contribution in [0.15, 0.2) is 74.9 Å². The molecule has 1 N–H and O–H groups in total. The van der Waals surface area contributed by atoms with Gasteiger partial charge in [-0.1, -0.05) is 25.1 Å². The summed E-state index contributed by atoms with van der Waals surface area (Å²) in [5.41, 5.74) is 1.36. The van der Waals surface area contributed by atoms with E-state index in [9.17, 15) is 14.4 Å². The molecule has 0 fully saturated rings. The summed E-state index contributed by atoms with van der Waals surface area (Å²) in [4.78, 5) is 38.1. The monoisotopic (exact) mass is 433 g/mol. The van der Waals surface area contributed by atoms with Crippen molar-refractivity contribution in [2.45, 2.75) is 20.4 Å². The number of benzene rings is 1. The Balaban J connectivity index is 1.56. The molecular formula is C23H23N5O4. The first kappa shape index (κ1) is 21.1. The van der Waals surface area contributed by atoms with Gasteiger partial charge in [0.2, 0.25) is 5.91 Å². The molecule has 164 valence electrons. The van der Waals surface area contributed by atoms with Crippen molar-refractivity contribution in [3.05, 3.63) is 87.3 Å². The molecule has 3 aromatic heterocycles. The molecule has 4 rings (SSSR count). The smallest absolute Gasteiger partial charge is 0.295 e. The standard InChI is InChI=1S/C23H23N5O4/c1-15(14-27-20(29)12-11-18(25-27)19-10-7-13-32-19)22(30)24-21-16(2)26(3)28(23(21)31)17-8-5-4-6-9-17/h4-13,15H,14H2,1-3H3,(H,24,30)/t15-/m0/s1. The average Bonchev–Trinajstić information content (AvgIpc) is 3.40. The molecular weight excluding hydrogens is 410 g/mol. The van der Waals surface area contributed by atoms with E-state index in [1.165, 1.54) is 21.7 Å². The van der Waals surface area contributed by atoms with Crippen LogP contribution in [0.2, 0.25) is 0 Å². The fraction of sp³-hybridized carbons (Fsp3) is 0.217. The summed E-state index contributed by atoms with van der Waals surface area (Å²) in [6, 6.07) is 15.6. The van der Waals surface area contributed by atoms with E-state index in [1.54, 1.807) is 43.8 Å². The van der Waals surface area contributed by atoms with Gasteiger partial charge in [0, 0.05) is 13.1 Å². The molecule has 0 unspecified atom stereocenters. The van der Waals surface area contributed by atoms with Crippen LogP contribution < -0.4 is 16.4 Å². The highest BCUT2D eigenvalue weighted by Gasteiger charge is 2.22. The lowest BCUT2D eigenvalue weighted by Crippen LogP contribution is -2.32. The first-order valence-electron chi connectivity index (χ1n) is 10.1. The Labute approximate surface area is 183 Å². The second-order valence-corrected chi connectivity index (χ2v) is 7.54. The van der Waals surface area contributed by atoms with E-state index in [0.29, 0.717) is 22.8 Å². The molecule has 9 heteroatoms. The number of furan rings is 1. The van der Waals surface area contributed by atoms with Crippen LogP contribution in [0.5, 0.6) is 0 Å². The maximum Gasteiger partial charge on any atom is 0.295 e. The van der Waals surface area contributed by atoms with Gasteiger partial charge in [-0.15, -0.1) is 0 Å². The minimum atomic E-state index is -0.615. The molecule has 0 spiro atoms. The highest BCUT2D eigenvalue weighted by Crippen LogP contribution is 2.17. The van der Waals surface area contributed by atoms with Gasteiger partial charge in [0.25, 0.3) is 11.1 Å². The molecule has 1 aromatic carbocycles. The van der Waals surface area contributed by atoms with Crippen LogP contribution in [0.3, 0.4) is 0 Å². The average molecular weight is 433 g/mol. The van der Waals surface area contributed by atoms with Gasteiger partial charge in [0.15, 0.2) is 5.76 Å². The number of amides is 1. The lowest BCUT2D eigenvalue weighted by molar-refractivity contribution is -0.119. The molecule has 32 heavy (non-hydrogen) atoms. The highest BCUT2D eigenvalue weighted by molar-refractivity contribution is 5.92. The number of nitrogens with one attached hydrogen (secondary N) is 1. The molecule has 0 bridgehead atoms. The maximum absolute atomic E-state index is 13.0. The Kier molecular flexibility index (Phi) is 5.63. The number of anilines is 1. The van der Waals surface area contributed by atoms with Gasteiger partial charge < -0.3 is 9.73 Å². The number of aromatic nitrogens is 4. The Morgan fingerprint density at radius 3 is 2.53 bits per heavy atom. The molecule has 0 saturated heterocycles. The van der Waals surface area contributed by atoms with Crippen molar-refractivity contribution in [3.63, 3.8) is 0 Å². The van der Waals surface area contributed by atoms with Crippen molar-refractivity contribution < 1.29 is 9.21 Å². The fourth-order valence-corrected chi connectivity index (χ4v) is 3.44. The van der Waals surface area contributed by atoms with Crippen molar-refractivity contribution in [1.82, 2.24) is 19.1 Å². The normalized spacial score (nSPS) is 12.0. The Morgan fingerprint density at radius 1 is 1.09 bits per heavy atom. The number of rotatable bonds is 6. The Hall–Kier alpha value is -4.14. The first-order chi connectivity index (χ1) is 15.4. The van der Waals surface area contributed by atoms with E-state index in [0.717, 1.165) is 0 Å². The quantitative estimate of drug-likeness (QED) is 0.503. The second kappa shape index (κ2) is 8.54. The predicted molar refractivity (Wildman–Crippen MR) is 120 cm³/mol. The topological polar surface area (TPSA) is 104 Å². The summed E-state index contributed by atoms with van der Waals surface area (Å²) in [6.45, 7) is 3.50. The molecule has 1 amide bonds. The minimum Gasteiger partial charge on any atom is -0.463 e. The SMILES string of the molecule is Cc1c(NC(=O)[C@@H](C)Cn2nc(-c3ccco3)ccc2=O)c(=O)n(-c2ccccc2)n1C. The Bertz CT molecular complexity index is 1360. The molecule has 3 heterocycles. The Morgan fingerprint density at radius 2 is 1.84 bits per heavy atom. The predicted octanol–water partition coefficient (Wildman–Crippen LogP) is 2.58. The third-order valence-electron chi connectivity index (χ3n) is 5.34. The van der Waals surface area contributed by atoms with Gasteiger partial charge in [-0.3, -0.25) is 19.1 Å². The summed E-state index contributed by atoms with van der Waals surface area (Å²) in [6.07, 6.45) is 1.52.